The second kappa shape index (κ2) is 8.92. The first-order chi connectivity index (χ1) is 16.6. The average Bonchev–Trinajstić information content (AvgIpc) is 3.31. The molecule has 0 saturated carbocycles. The number of fused-ring (bicyclic) bond motifs is 1. The van der Waals surface area contributed by atoms with Crippen molar-refractivity contribution < 1.29 is 14.4 Å². The quantitative estimate of drug-likeness (QED) is 0.233. The summed E-state index contributed by atoms with van der Waals surface area (Å²) in [5, 5.41) is 25.6. The predicted molar refractivity (Wildman–Crippen MR) is 127 cm³/mol. The number of rotatable bonds is 5. The Hall–Kier alpha value is -4.90. The number of nitro groups is 1. The summed E-state index contributed by atoms with van der Waals surface area (Å²) in [6, 6.07) is 23.4. The molecule has 5 rings (SSSR count). The van der Waals surface area contributed by atoms with E-state index in [0.29, 0.717) is 41.5 Å². The molecule has 0 radical (unpaired) electrons. The van der Waals surface area contributed by atoms with Crippen LogP contribution in [0.1, 0.15) is 11.1 Å². The van der Waals surface area contributed by atoms with Crippen molar-refractivity contribution in [1.82, 2.24) is 9.78 Å². The lowest BCUT2D eigenvalue weighted by Gasteiger charge is -2.18. The Balaban J connectivity index is 1.62. The van der Waals surface area contributed by atoms with E-state index in [1.807, 2.05) is 54.7 Å². The molecule has 0 aliphatic carbocycles. The number of allylic oxidation sites excluding steroid dienone is 1. The molecular weight excluding hydrogens is 432 g/mol. The van der Waals surface area contributed by atoms with E-state index in [2.05, 4.69) is 6.07 Å². The number of nitrogens with zero attached hydrogens (tertiary/aromatic N) is 4. The van der Waals surface area contributed by atoms with Crippen LogP contribution in [0, 0.1) is 21.4 Å². The molecule has 0 spiro atoms. The molecule has 8 nitrogen and oxygen atoms in total. The number of hydrogen-bond acceptors (Lipinski definition) is 6. The summed E-state index contributed by atoms with van der Waals surface area (Å²) in [5.41, 5.74) is 3.97. The maximum atomic E-state index is 11.0. The van der Waals surface area contributed by atoms with E-state index in [-0.39, 0.29) is 5.69 Å². The zero-order valence-electron chi connectivity index (χ0n) is 17.9. The van der Waals surface area contributed by atoms with Crippen LogP contribution in [-0.2, 0) is 0 Å². The van der Waals surface area contributed by atoms with Gasteiger partial charge in [0.2, 0.25) is 0 Å². The molecule has 0 N–H and O–H groups in total. The van der Waals surface area contributed by atoms with E-state index in [9.17, 15) is 15.4 Å². The van der Waals surface area contributed by atoms with Crippen LogP contribution in [0.25, 0.3) is 28.6 Å². The van der Waals surface area contributed by atoms with Gasteiger partial charge in [0.1, 0.15) is 18.9 Å². The lowest BCUT2D eigenvalue weighted by Crippen LogP contribution is -2.15. The van der Waals surface area contributed by atoms with E-state index in [0.717, 1.165) is 16.8 Å². The second-order valence-electron chi connectivity index (χ2n) is 7.55. The van der Waals surface area contributed by atoms with Crippen molar-refractivity contribution in [3.8, 4) is 34.5 Å². The standard InChI is InChI=1S/C26H18N4O4/c27-16-20(18-6-9-23(10-7-18)30(31)32)14-21-17-29(22-4-2-1-3-5-22)28-26(21)19-8-11-24-25(15-19)34-13-12-33-24/h1-11,14-15,17H,12-13H2. The van der Waals surface area contributed by atoms with Crippen LogP contribution in [0.3, 0.4) is 0 Å². The number of nitro benzene ring substituents is 1. The van der Waals surface area contributed by atoms with E-state index in [4.69, 9.17) is 14.6 Å². The first kappa shape index (κ1) is 21.0. The van der Waals surface area contributed by atoms with Crippen molar-refractivity contribution in [2.24, 2.45) is 0 Å². The van der Waals surface area contributed by atoms with Gasteiger partial charge in [-0.25, -0.2) is 4.68 Å². The minimum atomic E-state index is -0.469. The van der Waals surface area contributed by atoms with Crippen LogP contribution in [0.2, 0.25) is 0 Å². The molecule has 0 unspecified atom stereocenters. The molecule has 1 aliphatic rings. The van der Waals surface area contributed by atoms with Crippen LogP contribution >= 0.6 is 0 Å². The number of non-ortho nitro benzene ring substituents is 1. The molecule has 0 atom stereocenters. The van der Waals surface area contributed by atoms with E-state index in [1.165, 1.54) is 12.1 Å². The third-order valence-corrected chi connectivity index (χ3v) is 5.39. The van der Waals surface area contributed by atoms with Gasteiger partial charge in [-0.2, -0.15) is 10.4 Å². The van der Waals surface area contributed by atoms with Crippen LogP contribution in [-0.4, -0.2) is 27.9 Å². The summed E-state index contributed by atoms with van der Waals surface area (Å²) >= 11 is 0. The molecule has 4 aromatic rings. The zero-order valence-corrected chi connectivity index (χ0v) is 17.9. The fourth-order valence-electron chi connectivity index (χ4n) is 3.72. The highest BCUT2D eigenvalue weighted by molar-refractivity contribution is 5.92. The smallest absolute Gasteiger partial charge is 0.269 e. The van der Waals surface area contributed by atoms with Crippen molar-refractivity contribution in [3.05, 3.63) is 100 Å². The minimum absolute atomic E-state index is 0.0325. The molecule has 1 aromatic heterocycles. The number of nitriles is 1. The topological polar surface area (TPSA) is 103 Å². The first-order valence-electron chi connectivity index (χ1n) is 10.5. The first-order valence-corrected chi connectivity index (χ1v) is 10.5. The molecular formula is C26H18N4O4. The van der Waals surface area contributed by atoms with Gasteiger partial charge in [-0.15, -0.1) is 0 Å². The van der Waals surface area contributed by atoms with Crippen LogP contribution < -0.4 is 9.47 Å². The Kier molecular flexibility index (Phi) is 5.50. The minimum Gasteiger partial charge on any atom is -0.486 e. The van der Waals surface area contributed by atoms with Gasteiger partial charge < -0.3 is 9.47 Å². The zero-order chi connectivity index (χ0) is 23.5. The van der Waals surface area contributed by atoms with E-state index >= 15 is 0 Å². The summed E-state index contributed by atoms with van der Waals surface area (Å²) in [5.74, 6) is 1.32. The van der Waals surface area contributed by atoms with E-state index in [1.54, 1.807) is 22.9 Å². The summed E-state index contributed by atoms with van der Waals surface area (Å²) in [4.78, 5) is 10.5. The van der Waals surface area contributed by atoms with Gasteiger partial charge in [0.05, 0.1) is 22.3 Å². The molecule has 0 fully saturated rings. The molecule has 0 bridgehead atoms. The number of benzene rings is 3. The second-order valence-corrected chi connectivity index (χ2v) is 7.55. The lowest BCUT2D eigenvalue weighted by atomic mass is 10.0. The van der Waals surface area contributed by atoms with Gasteiger partial charge in [0.25, 0.3) is 5.69 Å². The molecule has 34 heavy (non-hydrogen) atoms. The highest BCUT2D eigenvalue weighted by atomic mass is 16.6. The Morgan fingerprint density at radius 2 is 1.76 bits per heavy atom. The molecule has 0 saturated heterocycles. The number of aromatic nitrogens is 2. The van der Waals surface area contributed by atoms with Gasteiger partial charge in [0.15, 0.2) is 11.5 Å². The Morgan fingerprint density at radius 1 is 1.03 bits per heavy atom. The molecule has 2 heterocycles. The fraction of sp³-hybridized carbons (Fsp3) is 0.0769. The van der Waals surface area contributed by atoms with Crippen LogP contribution in [0.5, 0.6) is 11.5 Å². The molecule has 166 valence electrons. The van der Waals surface area contributed by atoms with Crippen molar-refractivity contribution in [2.45, 2.75) is 0 Å². The van der Waals surface area contributed by atoms with Crippen LogP contribution in [0.4, 0.5) is 5.69 Å². The maximum absolute atomic E-state index is 11.0. The van der Waals surface area contributed by atoms with Gasteiger partial charge >= 0.3 is 0 Å². The van der Waals surface area contributed by atoms with Gasteiger partial charge in [-0.3, -0.25) is 10.1 Å². The molecule has 1 aliphatic heterocycles. The Morgan fingerprint density at radius 3 is 2.47 bits per heavy atom. The lowest BCUT2D eigenvalue weighted by molar-refractivity contribution is -0.384. The van der Waals surface area contributed by atoms with Gasteiger partial charge in [-0.1, -0.05) is 18.2 Å². The summed E-state index contributed by atoms with van der Waals surface area (Å²) in [6.45, 7) is 0.976. The highest BCUT2D eigenvalue weighted by Gasteiger charge is 2.17. The van der Waals surface area contributed by atoms with Gasteiger partial charge in [-0.05, 0) is 54.1 Å². The Labute approximate surface area is 195 Å². The number of hydrogen-bond donors (Lipinski definition) is 0. The summed E-state index contributed by atoms with van der Waals surface area (Å²) < 4.78 is 13.1. The maximum Gasteiger partial charge on any atom is 0.269 e. The normalized spacial score (nSPS) is 12.7. The van der Waals surface area contributed by atoms with Gasteiger partial charge in [0, 0.05) is 29.5 Å². The van der Waals surface area contributed by atoms with Crippen molar-refractivity contribution in [2.75, 3.05) is 13.2 Å². The summed E-state index contributed by atoms with van der Waals surface area (Å²) in [6.07, 6.45) is 3.59. The average molecular weight is 450 g/mol. The molecule has 0 amide bonds. The van der Waals surface area contributed by atoms with Crippen molar-refractivity contribution >= 4 is 17.3 Å². The van der Waals surface area contributed by atoms with Crippen LogP contribution in [0.15, 0.2) is 79.0 Å². The fourth-order valence-corrected chi connectivity index (χ4v) is 3.72. The third kappa shape index (κ3) is 4.10. The highest BCUT2D eigenvalue weighted by Crippen LogP contribution is 2.36. The number of para-hydroxylation sites is 1. The summed E-state index contributed by atoms with van der Waals surface area (Å²) in [7, 11) is 0. The SMILES string of the molecule is N#CC(=Cc1cn(-c2ccccc2)nc1-c1ccc2c(c1)OCCO2)c1ccc([N+](=O)[O-])cc1. The molecule has 8 heteroatoms. The van der Waals surface area contributed by atoms with Crippen molar-refractivity contribution in [3.63, 3.8) is 0 Å². The largest absolute Gasteiger partial charge is 0.486 e. The van der Waals surface area contributed by atoms with E-state index < -0.39 is 4.92 Å². The van der Waals surface area contributed by atoms with Crippen molar-refractivity contribution in [1.29, 1.82) is 5.26 Å². The monoisotopic (exact) mass is 450 g/mol. The predicted octanol–water partition coefficient (Wildman–Crippen LogP) is 5.28. The third-order valence-electron chi connectivity index (χ3n) is 5.39. The number of ether oxygens (including phenoxy) is 2. The molecule has 3 aromatic carbocycles. The Bertz CT molecular complexity index is 1430.